The number of nitrogens with zero attached hydrogens (tertiary/aromatic N) is 4. The van der Waals surface area contributed by atoms with Crippen LogP contribution in [0.25, 0.3) is 16.7 Å². The molecule has 1 unspecified atom stereocenters. The Morgan fingerprint density at radius 2 is 1.81 bits per heavy atom. The number of benzene rings is 3. The van der Waals surface area contributed by atoms with E-state index in [0.717, 1.165) is 16.7 Å². The molecule has 0 aliphatic rings. The number of hydrogen-bond donors (Lipinski definition) is 2. The molecule has 0 bridgehead atoms. The molecule has 32 heavy (non-hydrogen) atoms. The van der Waals surface area contributed by atoms with Crippen molar-refractivity contribution in [2.45, 2.75) is 12.8 Å². The quantitative estimate of drug-likeness (QED) is 0.419. The molecule has 1 atom stereocenters. The molecule has 5 rings (SSSR count). The summed E-state index contributed by atoms with van der Waals surface area (Å²) in [6.45, 7) is 2.66. The van der Waals surface area contributed by atoms with Gasteiger partial charge in [0, 0.05) is 17.8 Å². The highest BCUT2D eigenvalue weighted by molar-refractivity contribution is 5.95. The maximum atomic E-state index is 12.7. The SMILES string of the molecule is CC(CNC(=O)c1cccc(Nc2nc3ccccc3n3cnnc23)c1)c1ccccc1. The third-order valence-corrected chi connectivity index (χ3v) is 5.46. The third kappa shape index (κ3) is 3.88. The molecule has 0 radical (unpaired) electrons. The van der Waals surface area contributed by atoms with Crippen molar-refractivity contribution in [1.82, 2.24) is 24.9 Å². The van der Waals surface area contributed by atoms with Gasteiger partial charge < -0.3 is 10.6 Å². The van der Waals surface area contributed by atoms with Crippen molar-refractivity contribution in [2.24, 2.45) is 0 Å². The van der Waals surface area contributed by atoms with Crippen molar-refractivity contribution in [3.63, 3.8) is 0 Å². The minimum atomic E-state index is -0.115. The van der Waals surface area contributed by atoms with E-state index in [-0.39, 0.29) is 11.8 Å². The lowest BCUT2D eigenvalue weighted by atomic mass is 10.0. The monoisotopic (exact) mass is 422 g/mol. The normalized spacial score (nSPS) is 12.0. The summed E-state index contributed by atoms with van der Waals surface area (Å²) in [6, 6.07) is 25.3. The number of aromatic nitrogens is 4. The minimum absolute atomic E-state index is 0.115. The Labute approximate surface area is 185 Å². The van der Waals surface area contributed by atoms with Crippen LogP contribution in [0.2, 0.25) is 0 Å². The van der Waals surface area contributed by atoms with Crippen molar-refractivity contribution in [3.8, 4) is 0 Å². The number of rotatable bonds is 6. The predicted molar refractivity (Wildman–Crippen MR) is 125 cm³/mol. The van der Waals surface area contributed by atoms with E-state index < -0.39 is 0 Å². The van der Waals surface area contributed by atoms with Gasteiger partial charge in [-0.15, -0.1) is 10.2 Å². The van der Waals surface area contributed by atoms with E-state index in [1.165, 1.54) is 5.56 Å². The second kappa shape index (κ2) is 8.47. The number of hydrogen-bond acceptors (Lipinski definition) is 5. The van der Waals surface area contributed by atoms with E-state index in [4.69, 9.17) is 4.98 Å². The Kier molecular flexibility index (Phi) is 5.21. The second-order valence-electron chi connectivity index (χ2n) is 7.70. The van der Waals surface area contributed by atoms with Gasteiger partial charge in [-0.2, -0.15) is 0 Å². The first-order valence-corrected chi connectivity index (χ1v) is 10.5. The van der Waals surface area contributed by atoms with Crippen LogP contribution >= 0.6 is 0 Å². The largest absolute Gasteiger partial charge is 0.351 e. The Bertz CT molecular complexity index is 1400. The van der Waals surface area contributed by atoms with Crippen LogP contribution in [0.1, 0.15) is 28.8 Å². The first-order chi connectivity index (χ1) is 15.7. The zero-order valence-corrected chi connectivity index (χ0v) is 17.6. The fourth-order valence-electron chi connectivity index (χ4n) is 3.71. The maximum Gasteiger partial charge on any atom is 0.251 e. The van der Waals surface area contributed by atoms with E-state index >= 15 is 0 Å². The molecular weight excluding hydrogens is 400 g/mol. The van der Waals surface area contributed by atoms with Crippen LogP contribution in [0, 0.1) is 0 Å². The summed E-state index contributed by atoms with van der Waals surface area (Å²) in [7, 11) is 0. The second-order valence-corrected chi connectivity index (χ2v) is 7.70. The van der Waals surface area contributed by atoms with Crippen LogP contribution in [0.15, 0.2) is 85.2 Å². The van der Waals surface area contributed by atoms with Crippen LogP contribution in [0.3, 0.4) is 0 Å². The molecular formula is C25H22N6O. The van der Waals surface area contributed by atoms with Crippen molar-refractivity contribution in [1.29, 1.82) is 0 Å². The highest BCUT2D eigenvalue weighted by Crippen LogP contribution is 2.23. The third-order valence-electron chi connectivity index (χ3n) is 5.46. The molecule has 158 valence electrons. The Hall–Kier alpha value is -4.26. The molecule has 0 aliphatic carbocycles. The molecule has 3 aromatic carbocycles. The minimum Gasteiger partial charge on any atom is -0.351 e. The molecule has 0 fully saturated rings. The lowest BCUT2D eigenvalue weighted by Crippen LogP contribution is -2.27. The number of anilines is 2. The van der Waals surface area contributed by atoms with E-state index in [0.29, 0.717) is 23.6 Å². The average Bonchev–Trinajstić information content (AvgIpc) is 3.34. The van der Waals surface area contributed by atoms with Gasteiger partial charge in [-0.05, 0) is 41.8 Å². The molecule has 2 aromatic heterocycles. The molecule has 0 aliphatic heterocycles. The summed E-state index contributed by atoms with van der Waals surface area (Å²) in [6.07, 6.45) is 1.67. The Balaban J connectivity index is 1.35. The summed E-state index contributed by atoms with van der Waals surface area (Å²) >= 11 is 0. The number of amides is 1. The smallest absolute Gasteiger partial charge is 0.251 e. The molecule has 0 spiro atoms. The highest BCUT2D eigenvalue weighted by atomic mass is 16.1. The van der Waals surface area contributed by atoms with Crippen LogP contribution in [0.5, 0.6) is 0 Å². The lowest BCUT2D eigenvalue weighted by molar-refractivity contribution is 0.0951. The van der Waals surface area contributed by atoms with Gasteiger partial charge in [0.2, 0.25) is 5.65 Å². The fraction of sp³-hybridized carbons (Fsp3) is 0.120. The molecule has 2 N–H and O–H groups in total. The number of fused-ring (bicyclic) bond motifs is 3. The van der Waals surface area contributed by atoms with Crippen molar-refractivity contribution >= 4 is 34.1 Å². The Morgan fingerprint density at radius 3 is 2.69 bits per heavy atom. The number of nitrogens with one attached hydrogen (secondary N) is 2. The zero-order chi connectivity index (χ0) is 21.9. The van der Waals surface area contributed by atoms with Gasteiger partial charge in [-0.1, -0.05) is 55.5 Å². The van der Waals surface area contributed by atoms with Gasteiger partial charge in [0.15, 0.2) is 5.82 Å². The average molecular weight is 422 g/mol. The molecule has 0 saturated heterocycles. The van der Waals surface area contributed by atoms with E-state index in [2.05, 4.69) is 39.9 Å². The molecule has 5 aromatic rings. The summed E-state index contributed by atoms with van der Waals surface area (Å²) < 4.78 is 1.90. The topological polar surface area (TPSA) is 84.2 Å². The standard InChI is InChI=1S/C25H22N6O/c1-17(18-8-3-2-4-9-18)15-26-25(32)19-10-7-11-20(14-19)28-23-24-30-27-16-31(24)22-13-6-5-12-21(22)29-23/h2-14,16-17H,15H2,1H3,(H,26,32)(H,28,29). The first-order valence-electron chi connectivity index (χ1n) is 10.5. The van der Waals surface area contributed by atoms with Gasteiger partial charge in [-0.3, -0.25) is 9.20 Å². The van der Waals surface area contributed by atoms with Crippen molar-refractivity contribution in [3.05, 3.63) is 96.3 Å². The van der Waals surface area contributed by atoms with Gasteiger partial charge in [0.25, 0.3) is 5.91 Å². The first kappa shape index (κ1) is 19.7. The molecule has 0 saturated carbocycles. The lowest BCUT2D eigenvalue weighted by Gasteiger charge is -2.14. The van der Waals surface area contributed by atoms with Gasteiger partial charge in [-0.25, -0.2) is 4.98 Å². The predicted octanol–water partition coefficient (Wildman–Crippen LogP) is 4.55. The highest BCUT2D eigenvalue weighted by Gasteiger charge is 2.13. The van der Waals surface area contributed by atoms with Gasteiger partial charge >= 0.3 is 0 Å². The van der Waals surface area contributed by atoms with E-state index in [9.17, 15) is 4.79 Å². The van der Waals surface area contributed by atoms with Crippen LogP contribution < -0.4 is 10.6 Å². The van der Waals surface area contributed by atoms with Gasteiger partial charge in [0.05, 0.1) is 11.0 Å². The summed E-state index contributed by atoms with van der Waals surface area (Å²) in [5, 5.41) is 14.6. The number of carbonyl (C=O) groups is 1. The Morgan fingerprint density at radius 1 is 1.00 bits per heavy atom. The van der Waals surface area contributed by atoms with E-state index in [1.807, 2.05) is 65.1 Å². The number of carbonyl (C=O) groups excluding carboxylic acids is 1. The maximum absolute atomic E-state index is 12.7. The zero-order valence-electron chi connectivity index (χ0n) is 17.6. The van der Waals surface area contributed by atoms with E-state index in [1.54, 1.807) is 12.4 Å². The molecule has 2 heterocycles. The molecule has 7 heteroatoms. The fourth-order valence-corrected chi connectivity index (χ4v) is 3.71. The number of para-hydroxylation sites is 2. The van der Waals surface area contributed by atoms with Crippen LogP contribution in [0.4, 0.5) is 11.5 Å². The van der Waals surface area contributed by atoms with Crippen LogP contribution in [-0.4, -0.2) is 32.0 Å². The van der Waals surface area contributed by atoms with Crippen molar-refractivity contribution in [2.75, 3.05) is 11.9 Å². The van der Waals surface area contributed by atoms with Crippen molar-refractivity contribution < 1.29 is 4.79 Å². The summed E-state index contributed by atoms with van der Waals surface area (Å²) in [4.78, 5) is 17.5. The molecule has 7 nitrogen and oxygen atoms in total. The van der Waals surface area contributed by atoms with Crippen LogP contribution in [-0.2, 0) is 0 Å². The summed E-state index contributed by atoms with van der Waals surface area (Å²) in [5.74, 6) is 0.691. The summed E-state index contributed by atoms with van der Waals surface area (Å²) in [5.41, 5.74) is 4.90. The van der Waals surface area contributed by atoms with Gasteiger partial charge in [0.1, 0.15) is 6.33 Å². The molecule has 1 amide bonds.